The van der Waals surface area contributed by atoms with E-state index in [-0.39, 0.29) is 11.9 Å². The van der Waals surface area contributed by atoms with Gasteiger partial charge in [0.05, 0.1) is 19.3 Å². The lowest BCUT2D eigenvalue weighted by Gasteiger charge is -2.29. The van der Waals surface area contributed by atoms with Crippen molar-refractivity contribution in [2.24, 2.45) is 5.73 Å². The molecule has 1 aliphatic rings. The van der Waals surface area contributed by atoms with Crippen LogP contribution in [0.3, 0.4) is 0 Å². The molecule has 0 spiro atoms. The SMILES string of the molecule is C=CCC(N)C(=O)NC(C)CN1CCOCC1. The molecule has 0 aliphatic carbocycles. The molecular weight excluding hydrogens is 218 g/mol. The largest absolute Gasteiger partial charge is 0.379 e. The maximum absolute atomic E-state index is 11.7. The smallest absolute Gasteiger partial charge is 0.237 e. The number of amides is 1. The van der Waals surface area contributed by atoms with E-state index in [1.54, 1.807) is 6.08 Å². The minimum absolute atomic E-state index is 0.106. The van der Waals surface area contributed by atoms with E-state index in [1.807, 2.05) is 6.92 Å². The molecule has 5 heteroatoms. The molecule has 1 saturated heterocycles. The predicted octanol–water partition coefficient (Wildman–Crippen LogP) is -0.273. The van der Waals surface area contributed by atoms with E-state index < -0.39 is 6.04 Å². The van der Waals surface area contributed by atoms with Crippen molar-refractivity contribution in [1.82, 2.24) is 10.2 Å². The summed E-state index contributed by atoms with van der Waals surface area (Å²) in [5.74, 6) is -0.106. The van der Waals surface area contributed by atoms with Crippen LogP contribution in [0, 0.1) is 0 Å². The molecular formula is C12H23N3O2. The summed E-state index contributed by atoms with van der Waals surface area (Å²) in [6, 6.07) is -0.379. The number of nitrogens with two attached hydrogens (primary N) is 1. The first-order chi connectivity index (χ1) is 8.13. The van der Waals surface area contributed by atoms with Gasteiger partial charge in [-0.3, -0.25) is 9.69 Å². The van der Waals surface area contributed by atoms with Gasteiger partial charge in [-0.1, -0.05) is 6.08 Å². The number of ether oxygens (including phenoxy) is 1. The maximum Gasteiger partial charge on any atom is 0.237 e. The van der Waals surface area contributed by atoms with Crippen molar-refractivity contribution in [3.8, 4) is 0 Å². The first-order valence-electron chi connectivity index (χ1n) is 6.10. The van der Waals surface area contributed by atoms with Crippen molar-refractivity contribution in [2.75, 3.05) is 32.8 Å². The summed E-state index contributed by atoms with van der Waals surface area (Å²) in [4.78, 5) is 13.9. The zero-order valence-corrected chi connectivity index (χ0v) is 10.5. The van der Waals surface area contributed by atoms with Gasteiger partial charge in [0.15, 0.2) is 0 Å². The zero-order chi connectivity index (χ0) is 12.7. The second kappa shape index (κ2) is 7.42. The van der Waals surface area contributed by atoms with E-state index in [0.717, 1.165) is 32.8 Å². The third-order valence-electron chi connectivity index (χ3n) is 2.78. The number of nitrogens with zero attached hydrogens (tertiary/aromatic N) is 1. The van der Waals surface area contributed by atoms with E-state index in [1.165, 1.54) is 0 Å². The molecule has 0 aromatic carbocycles. The summed E-state index contributed by atoms with van der Waals surface area (Å²) in [6.45, 7) is 9.82. The Hall–Kier alpha value is -0.910. The average Bonchev–Trinajstić information content (AvgIpc) is 2.30. The molecule has 98 valence electrons. The van der Waals surface area contributed by atoms with E-state index in [2.05, 4.69) is 16.8 Å². The number of nitrogens with one attached hydrogen (secondary N) is 1. The van der Waals surface area contributed by atoms with Crippen LogP contribution in [0.2, 0.25) is 0 Å². The molecule has 1 rings (SSSR count). The lowest BCUT2D eigenvalue weighted by Crippen LogP contribution is -2.49. The van der Waals surface area contributed by atoms with E-state index in [4.69, 9.17) is 10.5 Å². The van der Waals surface area contributed by atoms with Crippen LogP contribution in [0.4, 0.5) is 0 Å². The summed E-state index contributed by atoms with van der Waals surface area (Å²) in [5.41, 5.74) is 5.69. The Labute approximate surface area is 103 Å². The van der Waals surface area contributed by atoms with Crippen molar-refractivity contribution in [3.05, 3.63) is 12.7 Å². The van der Waals surface area contributed by atoms with Crippen LogP contribution in [0.5, 0.6) is 0 Å². The van der Waals surface area contributed by atoms with Crippen LogP contribution in [-0.4, -0.2) is 55.7 Å². The van der Waals surface area contributed by atoms with Crippen molar-refractivity contribution in [3.63, 3.8) is 0 Å². The second-order valence-corrected chi connectivity index (χ2v) is 4.45. The highest BCUT2D eigenvalue weighted by Gasteiger charge is 2.17. The molecule has 0 aromatic heterocycles. The molecule has 2 unspecified atom stereocenters. The zero-order valence-electron chi connectivity index (χ0n) is 10.5. The Morgan fingerprint density at radius 1 is 1.59 bits per heavy atom. The van der Waals surface area contributed by atoms with Gasteiger partial charge in [-0.15, -0.1) is 6.58 Å². The van der Waals surface area contributed by atoms with Gasteiger partial charge in [0.2, 0.25) is 5.91 Å². The average molecular weight is 241 g/mol. The Bertz CT molecular complexity index is 252. The monoisotopic (exact) mass is 241 g/mol. The Kier molecular flexibility index (Phi) is 6.18. The van der Waals surface area contributed by atoms with Crippen molar-refractivity contribution in [2.45, 2.75) is 25.4 Å². The minimum atomic E-state index is -0.486. The molecule has 2 atom stereocenters. The normalized spacial score (nSPS) is 20.6. The molecule has 0 saturated carbocycles. The van der Waals surface area contributed by atoms with Crippen molar-refractivity contribution in [1.29, 1.82) is 0 Å². The number of morpholine rings is 1. The van der Waals surface area contributed by atoms with Gasteiger partial charge in [0, 0.05) is 25.7 Å². The topological polar surface area (TPSA) is 67.6 Å². The van der Waals surface area contributed by atoms with Crippen LogP contribution >= 0.6 is 0 Å². The second-order valence-electron chi connectivity index (χ2n) is 4.45. The summed E-state index contributed by atoms with van der Waals surface area (Å²) in [6.07, 6.45) is 2.17. The fourth-order valence-corrected chi connectivity index (χ4v) is 1.85. The number of hydrogen-bond acceptors (Lipinski definition) is 4. The van der Waals surface area contributed by atoms with Gasteiger partial charge in [0.1, 0.15) is 0 Å². The Morgan fingerprint density at radius 2 is 2.24 bits per heavy atom. The lowest BCUT2D eigenvalue weighted by molar-refractivity contribution is -0.123. The van der Waals surface area contributed by atoms with Gasteiger partial charge in [-0.05, 0) is 13.3 Å². The molecule has 3 N–H and O–H groups in total. The van der Waals surface area contributed by atoms with Crippen LogP contribution in [0.1, 0.15) is 13.3 Å². The molecule has 1 fully saturated rings. The summed E-state index contributed by atoms with van der Waals surface area (Å²) in [5, 5.41) is 2.92. The molecule has 1 amide bonds. The van der Waals surface area contributed by atoms with E-state index >= 15 is 0 Å². The molecule has 1 heterocycles. The van der Waals surface area contributed by atoms with Gasteiger partial charge in [0.25, 0.3) is 0 Å². The van der Waals surface area contributed by atoms with E-state index in [9.17, 15) is 4.79 Å². The maximum atomic E-state index is 11.7. The van der Waals surface area contributed by atoms with Crippen LogP contribution in [-0.2, 0) is 9.53 Å². The highest BCUT2D eigenvalue weighted by Crippen LogP contribution is 1.99. The van der Waals surface area contributed by atoms with Crippen LogP contribution in [0.15, 0.2) is 12.7 Å². The van der Waals surface area contributed by atoms with Gasteiger partial charge >= 0.3 is 0 Å². The number of carbonyl (C=O) groups is 1. The number of rotatable bonds is 6. The molecule has 0 bridgehead atoms. The molecule has 5 nitrogen and oxygen atoms in total. The van der Waals surface area contributed by atoms with Gasteiger partial charge < -0.3 is 15.8 Å². The molecule has 1 aliphatic heterocycles. The first kappa shape index (κ1) is 14.2. The fourth-order valence-electron chi connectivity index (χ4n) is 1.85. The van der Waals surface area contributed by atoms with Crippen molar-refractivity contribution >= 4 is 5.91 Å². The Balaban J connectivity index is 2.25. The number of hydrogen-bond donors (Lipinski definition) is 2. The molecule has 0 aromatic rings. The quantitative estimate of drug-likeness (QED) is 0.628. The first-order valence-corrected chi connectivity index (χ1v) is 6.10. The lowest BCUT2D eigenvalue weighted by atomic mass is 10.2. The fraction of sp³-hybridized carbons (Fsp3) is 0.750. The Morgan fingerprint density at radius 3 is 2.82 bits per heavy atom. The highest BCUT2D eigenvalue weighted by atomic mass is 16.5. The molecule has 0 radical (unpaired) electrons. The summed E-state index contributed by atoms with van der Waals surface area (Å²) in [7, 11) is 0. The van der Waals surface area contributed by atoms with Gasteiger partial charge in [-0.25, -0.2) is 0 Å². The van der Waals surface area contributed by atoms with Gasteiger partial charge in [-0.2, -0.15) is 0 Å². The number of carbonyl (C=O) groups excluding carboxylic acids is 1. The third-order valence-corrected chi connectivity index (χ3v) is 2.78. The van der Waals surface area contributed by atoms with Crippen LogP contribution < -0.4 is 11.1 Å². The van der Waals surface area contributed by atoms with Crippen molar-refractivity contribution < 1.29 is 9.53 Å². The molecule has 17 heavy (non-hydrogen) atoms. The standard InChI is InChI=1S/C12H23N3O2/c1-3-4-11(13)12(16)14-10(2)9-15-5-7-17-8-6-15/h3,10-11H,1,4-9,13H2,2H3,(H,14,16). The van der Waals surface area contributed by atoms with Crippen LogP contribution in [0.25, 0.3) is 0 Å². The predicted molar refractivity (Wildman–Crippen MR) is 67.7 cm³/mol. The minimum Gasteiger partial charge on any atom is -0.379 e. The highest BCUT2D eigenvalue weighted by molar-refractivity contribution is 5.81. The van der Waals surface area contributed by atoms with E-state index in [0.29, 0.717) is 6.42 Å². The summed E-state index contributed by atoms with van der Waals surface area (Å²) < 4.78 is 5.27. The summed E-state index contributed by atoms with van der Waals surface area (Å²) >= 11 is 0. The third kappa shape index (κ3) is 5.30.